The highest BCUT2D eigenvalue weighted by molar-refractivity contribution is 7.89. The number of aryl methyl sites for hydroxylation is 2. The van der Waals surface area contributed by atoms with Crippen molar-refractivity contribution in [3.05, 3.63) is 76.5 Å². The first kappa shape index (κ1) is 20.1. The first-order valence-corrected chi connectivity index (χ1v) is 11.4. The van der Waals surface area contributed by atoms with Crippen molar-refractivity contribution in [1.82, 2.24) is 18.8 Å². The zero-order chi connectivity index (χ0) is 20.6. The minimum atomic E-state index is -3.67. The Hall–Kier alpha value is -2.22. The Morgan fingerprint density at radius 2 is 2.03 bits per heavy atom. The average Bonchev–Trinajstić information content (AvgIpc) is 3.33. The third-order valence-corrected chi connectivity index (χ3v) is 7.35. The van der Waals surface area contributed by atoms with E-state index in [1.165, 1.54) is 16.8 Å². The lowest BCUT2D eigenvalue weighted by Gasteiger charge is -2.23. The highest BCUT2D eigenvalue weighted by Gasteiger charge is 2.38. The molecular formula is C21H23ClN4O2S. The van der Waals surface area contributed by atoms with E-state index in [0.29, 0.717) is 13.0 Å². The SMILES string of the molecule is Cc1cc(Cc2ccccc2Cl)cc([C@@H]2CCCN2S(=O)(=O)c2cn(C)cn2)n1. The zero-order valence-corrected chi connectivity index (χ0v) is 18.0. The summed E-state index contributed by atoms with van der Waals surface area (Å²) in [6.45, 7) is 2.41. The standard InChI is InChI=1S/C21H23ClN4O2S/c1-15-10-16(11-17-6-3-4-7-18(17)22)12-19(24-15)20-8-5-9-26(20)29(27,28)21-13-25(2)14-23-21/h3-4,6-7,10,12-14,20H,5,8-9,11H2,1-2H3/t20-/m0/s1. The molecule has 3 aromatic rings. The van der Waals surface area contributed by atoms with Gasteiger partial charge < -0.3 is 4.57 Å². The molecular weight excluding hydrogens is 408 g/mol. The van der Waals surface area contributed by atoms with E-state index in [2.05, 4.69) is 9.97 Å². The molecule has 3 heterocycles. The van der Waals surface area contributed by atoms with Crippen LogP contribution in [0.5, 0.6) is 0 Å². The smallest absolute Gasteiger partial charge is 0.262 e. The van der Waals surface area contributed by atoms with Gasteiger partial charge in [0, 0.05) is 30.5 Å². The largest absolute Gasteiger partial charge is 0.339 e. The lowest BCUT2D eigenvalue weighted by molar-refractivity contribution is 0.388. The fraction of sp³-hybridized carbons (Fsp3) is 0.333. The molecule has 0 aliphatic carbocycles. The van der Waals surface area contributed by atoms with Gasteiger partial charge in [-0.15, -0.1) is 0 Å². The van der Waals surface area contributed by atoms with Crippen LogP contribution in [0.3, 0.4) is 0 Å². The number of hydrogen-bond donors (Lipinski definition) is 0. The second-order valence-electron chi connectivity index (χ2n) is 7.46. The van der Waals surface area contributed by atoms with Gasteiger partial charge in [-0.05, 0) is 55.5 Å². The summed E-state index contributed by atoms with van der Waals surface area (Å²) < 4.78 is 29.5. The highest BCUT2D eigenvalue weighted by atomic mass is 35.5. The molecule has 1 saturated heterocycles. The van der Waals surface area contributed by atoms with Crippen LogP contribution >= 0.6 is 11.6 Å². The summed E-state index contributed by atoms with van der Waals surface area (Å²) in [5.41, 5.74) is 3.76. The van der Waals surface area contributed by atoms with Crippen LogP contribution in [0, 0.1) is 6.92 Å². The van der Waals surface area contributed by atoms with Gasteiger partial charge in [-0.2, -0.15) is 4.31 Å². The number of halogens is 1. The lowest BCUT2D eigenvalue weighted by atomic mass is 10.0. The van der Waals surface area contributed by atoms with Crippen LogP contribution in [0.1, 0.15) is 41.4 Å². The number of benzene rings is 1. The Labute approximate surface area is 176 Å². The summed E-state index contributed by atoms with van der Waals surface area (Å²) in [6.07, 6.45) is 5.26. The molecule has 0 saturated carbocycles. The molecule has 0 spiro atoms. The Bertz CT molecular complexity index is 1140. The number of imidazole rings is 1. The molecule has 0 radical (unpaired) electrons. The van der Waals surface area contributed by atoms with Crippen molar-refractivity contribution in [2.24, 2.45) is 7.05 Å². The number of nitrogens with zero attached hydrogens (tertiary/aromatic N) is 4. The van der Waals surface area contributed by atoms with Gasteiger partial charge in [-0.1, -0.05) is 29.8 Å². The van der Waals surface area contributed by atoms with Crippen LogP contribution in [0.25, 0.3) is 0 Å². The van der Waals surface area contributed by atoms with E-state index in [1.54, 1.807) is 11.6 Å². The van der Waals surface area contributed by atoms with Gasteiger partial charge in [0.2, 0.25) is 0 Å². The second kappa shape index (κ2) is 7.89. The number of pyridine rings is 1. The minimum absolute atomic E-state index is 0.0795. The maximum absolute atomic E-state index is 13.1. The molecule has 1 aromatic carbocycles. The van der Waals surface area contributed by atoms with Crippen LogP contribution < -0.4 is 0 Å². The normalized spacial score (nSPS) is 17.7. The van der Waals surface area contributed by atoms with Gasteiger partial charge in [-0.25, -0.2) is 13.4 Å². The molecule has 152 valence electrons. The van der Waals surface area contributed by atoms with Gasteiger partial charge >= 0.3 is 0 Å². The average molecular weight is 431 g/mol. The summed E-state index contributed by atoms with van der Waals surface area (Å²) in [6, 6.07) is 11.5. The summed E-state index contributed by atoms with van der Waals surface area (Å²) in [7, 11) is -1.91. The van der Waals surface area contributed by atoms with Gasteiger partial charge in [0.05, 0.1) is 18.1 Å². The van der Waals surface area contributed by atoms with E-state index in [-0.39, 0.29) is 11.1 Å². The van der Waals surface area contributed by atoms with E-state index in [1.807, 2.05) is 43.3 Å². The van der Waals surface area contributed by atoms with E-state index in [0.717, 1.165) is 40.4 Å². The first-order valence-electron chi connectivity index (χ1n) is 9.55. The molecule has 0 amide bonds. The van der Waals surface area contributed by atoms with Crippen molar-refractivity contribution in [3.8, 4) is 0 Å². The molecule has 1 aliphatic rings. The Morgan fingerprint density at radius 1 is 1.24 bits per heavy atom. The van der Waals surface area contributed by atoms with Crippen molar-refractivity contribution < 1.29 is 8.42 Å². The number of sulfonamides is 1. The predicted octanol–water partition coefficient (Wildman–Crippen LogP) is 3.89. The molecule has 6 nitrogen and oxygen atoms in total. The maximum atomic E-state index is 13.1. The highest BCUT2D eigenvalue weighted by Crippen LogP contribution is 2.36. The van der Waals surface area contributed by atoms with Crippen LogP contribution in [0.15, 0.2) is 53.9 Å². The third kappa shape index (κ3) is 4.08. The number of rotatable bonds is 5. The molecule has 4 rings (SSSR count). The monoisotopic (exact) mass is 430 g/mol. The van der Waals surface area contributed by atoms with E-state index < -0.39 is 10.0 Å². The molecule has 0 unspecified atom stereocenters. The molecule has 2 aromatic heterocycles. The van der Waals surface area contributed by atoms with E-state index >= 15 is 0 Å². The predicted molar refractivity (Wildman–Crippen MR) is 112 cm³/mol. The quantitative estimate of drug-likeness (QED) is 0.615. The third-order valence-electron chi connectivity index (χ3n) is 5.18. The molecule has 29 heavy (non-hydrogen) atoms. The van der Waals surface area contributed by atoms with Crippen molar-refractivity contribution in [2.75, 3.05) is 6.54 Å². The summed E-state index contributed by atoms with van der Waals surface area (Å²) in [4.78, 5) is 8.74. The van der Waals surface area contributed by atoms with Gasteiger partial charge in [0.15, 0.2) is 5.03 Å². The molecule has 8 heteroatoms. The second-order valence-corrected chi connectivity index (χ2v) is 9.71. The van der Waals surface area contributed by atoms with Gasteiger partial charge in [-0.3, -0.25) is 4.98 Å². The molecule has 0 N–H and O–H groups in total. The van der Waals surface area contributed by atoms with Gasteiger partial charge in [0.25, 0.3) is 10.0 Å². The first-order chi connectivity index (χ1) is 13.8. The van der Waals surface area contributed by atoms with Gasteiger partial charge in [0.1, 0.15) is 0 Å². The van der Waals surface area contributed by atoms with Crippen LogP contribution in [0.2, 0.25) is 5.02 Å². The van der Waals surface area contributed by atoms with Crippen LogP contribution in [0.4, 0.5) is 0 Å². The molecule has 1 aliphatic heterocycles. The van der Waals surface area contributed by atoms with E-state index in [4.69, 9.17) is 11.6 Å². The topological polar surface area (TPSA) is 68.1 Å². The van der Waals surface area contributed by atoms with Crippen LogP contribution in [-0.4, -0.2) is 33.8 Å². The molecule has 1 fully saturated rings. The summed E-state index contributed by atoms with van der Waals surface area (Å²) >= 11 is 6.32. The number of aromatic nitrogens is 3. The van der Waals surface area contributed by atoms with E-state index in [9.17, 15) is 8.42 Å². The molecule has 0 bridgehead atoms. The van der Waals surface area contributed by atoms with Crippen molar-refractivity contribution in [3.63, 3.8) is 0 Å². The summed E-state index contributed by atoms with van der Waals surface area (Å²) in [5.74, 6) is 0. The minimum Gasteiger partial charge on any atom is -0.339 e. The lowest BCUT2D eigenvalue weighted by Crippen LogP contribution is -2.31. The van der Waals surface area contributed by atoms with Crippen molar-refractivity contribution in [2.45, 2.75) is 37.3 Å². The maximum Gasteiger partial charge on any atom is 0.262 e. The summed E-state index contributed by atoms with van der Waals surface area (Å²) in [5, 5.41) is 0.805. The Morgan fingerprint density at radius 3 is 2.76 bits per heavy atom. The Kier molecular flexibility index (Phi) is 5.46. The zero-order valence-electron chi connectivity index (χ0n) is 16.4. The Balaban J connectivity index is 1.67. The fourth-order valence-corrected chi connectivity index (χ4v) is 5.71. The fourth-order valence-electron chi connectivity index (χ4n) is 3.87. The molecule has 1 atom stereocenters. The van der Waals surface area contributed by atoms with Crippen molar-refractivity contribution in [1.29, 1.82) is 0 Å². The number of hydrogen-bond acceptors (Lipinski definition) is 4. The van der Waals surface area contributed by atoms with Crippen LogP contribution in [-0.2, 0) is 23.5 Å². The van der Waals surface area contributed by atoms with Crippen molar-refractivity contribution >= 4 is 21.6 Å².